The summed E-state index contributed by atoms with van der Waals surface area (Å²) in [5.74, 6) is 0. The highest BCUT2D eigenvalue weighted by Crippen LogP contribution is 2.17. The van der Waals surface area contributed by atoms with Crippen LogP contribution in [0.2, 0.25) is 0 Å². The van der Waals surface area contributed by atoms with Gasteiger partial charge in [-0.2, -0.15) is 0 Å². The molecule has 16 heavy (non-hydrogen) atoms. The maximum absolute atomic E-state index is 5.61. The third-order valence-electron chi connectivity index (χ3n) is 2.64. The van der Waals surface area contributed by atoms with Gasteiger partial charge < -0.3 is 5.73 Å². The van der Waals surface area contributed by atoms with Gasteiger partial charge in [-0.05, 0) is 32.2 Å². The van der Waals surface area contributed by atoms with Crippen LogP contribution in [-0.4, -0.2) is 22.0 Å². The second-order valence-electron chi connectivity index (χ2n) is 4.36. The maximum Gasteiger partial charge on any atom is 0.0742 e. The Morgan fingerprint density at radius 2 is 2.19 bits per heavy atom. The molecule has 0 bridgehead atoms. The zero-order chi connectivity index (χ0) is 12.1. The maximum atomic E-state index is 5.61. The van der Waals surface area contributed by atoms with E-state index in [1.807, 2.05) is 0 Å². The lowest BCUT2D eigenvalue weighted by Crippen LogP contribution is -2.39. The van der Waals surface area contributed by atoms with Crippen LogP contribution in [-0.2, 0) is 6.54 Å². The molecule has 2 N–H and O–H groups in total. The zero-order valence-corrected chi connectivity index (χ0v) is 11.8. The number of thiocarbonyl (C=S) groups is 1. The molecule has 1 heterocycles. The second kappa shape index (κ2) is 6.33. The van der Waals surface area contributed by atoms with Crippen LogP contribution in [0.3, 0.4) is 0 Å². The van der Waals surface area contributed by atoms with Crippen molar-refractivity contribution >= 4 is 28.5 Å². The van der Waals surface area contributed by atoms with Crippen LogP contribution in [0.5, 0.6) is 0 Å². The van der Waals surface area contributed by atoms with Gasteiger partial charge in [-0.25, -0.2) is 0 Å². The Kier molecular flexibility index (Phi) is 5.38. The highest BCUT2D eigenvalue weighted by Gasteiger charge is 2.18. The third-order valence-corrected chi connectivity index (χ3v) is 3.67. The lowest BCUT2D eigenvalue weighted by molar-refractivity contribution is 0.160. The van der Waals surface area contributed by atoms with E-state index in [0.29, 0.717) is 17.1 Å². The number of nitrogens with two attached hydrogens (primary N) is 1. The van der Waals surface area contributed by atoms with Gasteiger partial charge in [0, 0.05) is 29.9 Å². The van der Waals surface area contributed by atoms with Crippen molar-refractivity contribution in [3.63, 3.8) is 0 Å². The van der Waals surface area contributed by atoms with Crippen LogP contribution in [0.1, 0.15) is 32.1 Å². The summed E-state index contributed by atoms with van der Waals surface area (Å²) >= 11 is 6.78. The lowest BCUT2D eigenvalue weighted by Gasteiger charge is -2.32. The number of nitrogens with zero attached hydrogens (tertiary/aromatic N) is 1. The summed E-state index contributed by atoms with van der Waals surface area (Å²) in [6.07, 6.45) is 0.791. The third kappa shape index (κ3) is 4.20. The van der Waals surface area contributed by atoms with E-state index >= 15 is 0 Å². The summed E-state index contributed by atoms with van der Waals surface area (Å²) in [5, 5.41) is 2.12. The Hall–Kier alpha value is -0.450. The normalized spacial score (nSPS) is 13.3. The second-order valence-corrected chi connectivity index (χ2v) is 5.92. The van der Waals surface area contributed by atoms with Gasteiger partial charge in [0.2, 0.25) is 0 Å². The van der Waals surface area contributed by atoms with E-state index in [-0.39, 0.29) is 0 Å². The van der Waals surface area contributed by atoms with Crippen molar-refractivity contribution in [1.29, 1.82) is 0 Å². The zero-order valence-electron chi connectivity index (χ0n) is 10.1. The minimum absolute atomic E-state index is 0.402. The fourth-order valence-electron chi connectivity index (χ4n) is 1.84. The first-order valence-corrected chi connectivity index (χ1v) is 6.86. The average Bonchev–Trinajstić information content (AvgIpc) is 2.64. The molecule has 1 unspecified atom stereocenters. The van der Waals surface area contributed by atoms with Crippen molar-refractivity contribution in [2.75, 3.05) is 0 Å². The largest absolute Gasteiger partial charge is 0.393 e. The highest BCUT2D eigenvalue weighted by molar-refractivity contribution is 7.80. The average molecular weight is 256 g/mol. The van der Waals surface area contributed by atoms with Crippen LogP contribution in [0.4, 0.5) is 0 Å². The summed E-state index contributed by atoms with van der Waals surface area (Å²) in [7, 11) is 0. The van der Waals surface area contributed by atoms with Gasteiger partial charge in [0.15, 0.2) is 0 Å². The minimum atomic E-state index is 0.402. The first-order valence-electron chi connectivity index (χ1n) is 5.57. The van der Waals surface area contributed by atoms with Crippen molar-refractivity contribution in [2.45, 2.75) is 45.8 Å². The first kappa shape index (κ1) is 13.6. The van der Waals surface area contributed by atoms with Crippen LogP contribution >= 0.6 is 23.6 Å². The predicted molar refractivity (Wildman–Crippen MR) is 75.9 cm³/mol. The van der Waals surface area contributed by atoms with E-state index in [9.17, 15) is 0 Å². The van der Waals surface area contributed by atoms with E-state index < -0.39 is 0 Å². The highest BCUT2D eigenvalue weighted by atomic mass is 32.1. The van der Waals surface area contributed by atoms with Crippen LogP contribution in [0.15, 0.2) is 17.5 Å². The van der Waals surface area contributed by atoms with Crippen molar-refractivity contribution in [1.82, 2.24) is 4.90 Å². The van der Waals surface area contributed by atoms with Crippen molar-refractivity contribution < 1.29 is 0 Å². The van der Waals surface area contributed by atoms with Crippen LogP contribution in [0, 0.1) is 0 Å². The topological polar surface area (TPSA) is 29.3 Å². The fraction of sp³-hybridized carbons (Fsp3) is 0.583. The Morgan fingerprint density at radius 1 is 1.50 bits per heavy atom. The minimum Gasteiger partial charge on any atom is -0.393 e. The van der Waals surface area contributed by atoms with Gasteiger partial charge in [0.1, 0.15) is 0 Å². The molecular formula is C12H20N2S2. The quantitative estimate of drug-likeness (QED) is 0.793. The Bertz CT molecular complexity index is 320. The molecule has 0 saturated heterocycles. The molecule has 0 amide bonds. The Morgan fingerprint density at radius 3 is 2.62 bits per heavy atom. The molecule has 0 radical (unpaired) electrons. The lowest BCUT2D eigenvalue weighted by atomic mass is 10.1. The summed E-state index contributed by atoms with van der Waals surface area (Å²) in [5.41, 5.74) is 5.61. The number of thiophene rings is 1. The van der Waals surface area contributed by atoms with E-state index in [0.717, 1.165) is 13.0 Å². The molecule has 0 aliphatic carbocycles. The molecule has 90 valence electrons. The molecular weight excluding hydrogens is 236 g/mol. The van der Waals surface area contributed by atoms with E-state index in [1.54, 1.807) is 11.3 Å². The van der Waals surface area contributed by atoms with Crippen molar-refractivity contribution in [3.05, 3.63) is 22.4 Å². The molecule has 1 rings (SSSR count). The first-order chi connectivity index (χ1) is 7.50. The van der Waals surface area contributed by atoms with Crippen LogP contribution < -0.4 is 5.73 Å². The SMILES string of the molecule is CC(C)N(Cc1cccs1)C(C)CC(N)=S. The van der Waals surface area contributed by atoms with Gasteiger partial charge in [-0.3, -0.25) is 4.90 Å². The number of hydrogen-bond donors (Lipinski definition) is 1. The standard InChI is InChI=1S/C12H20N2S2/c1-9(2)14(10(3)7-12(13)15)8-11-5-4-6-16-11/h4-6,9-10H,7-8H2,1-3H3,(H2,13,15). The van der Waals surface area contributed by atoms with E-state index in [1.165, 1.54) is 4.88 Å². The molecule has 0 aliphatic heterocycles. The van der Waals surface area contributed by atoms with Crippen molar-refractivity contribution in [2.24, 2.45) is 5.73 Å². The Balaban J connectivity index is 2.63. The smallest absolute Gasteiger partial charge is 0.0742 e. The van der Waals surface area contributed by atoms with E-state index in [4.69, 9.17) is 18.0 Å². The van der Waals surface area contributed by atoms with E-state index in [2.05, 4.69) is 43.2 Å². The Labute approximate surface area is 107 Å². The monoisotopic (exact) mass is 256 g/mol. The molecule has 1 atom stereocenters. The summed E-state index contributed by atoms with van der Waals surface area (Å²) in [6, 6.07) is 5.18. The molecule has 0 saturated carbocycles. The fourth-order valence-corrected chi connectivity index (χ4v) is 2.79. The summed E-state index contributed by atoms with van der Waals surface area (Å²) in [6.45, 7) is 7.60. The molecule has 1 aromatic rings. The van der Waals surface area contributed by atoms with Crippen LogP contribution in [0.25, 0.3) is 0 Å². The molecule has 1 aromatic heterocycles. The molecule has 4 heteroatoms. The molecule has 0 fully saturated rings. The summed E-state index contributed by atoms with van der Waals surface area (Å²) < 4.78 is 0. The van der Waals surface area contributed by atoms with Gasteiger partial charge >= 0.3 is 0 Å². The molecule has 2 nitrogen and oxygen atoms in total. The molecule has 0 spiro atoms. The van der Waals surface area contributed by atoms with Gasteiger partial charge in [0.25, 0.3) is 0 Å². The predicted octanol–water partition coefficient (Wildman–Crippen LogP) is 3.02. The number of hydrogen-bond acceptors (Lipinski definition) is 3. The van der Waals surface area contributed by atoms with Gasteiger partial charge in [-0.1, -0.05) is 18.3 Å². The van der Waals surface area contributed by atoms with Gasteiger partial charge in [-0.15, -0.1) is 11.3 Å². The molecule has 0 aromatic carbocycles. The van der Waals surface area contributed by atoms with Crippen molar-refractivity contribution in [3.8, 4) is 0 Å². The molecule has 0 aliphatic rings. The number of rotatable bonds is 6. The van der Waals surface area contributed by atoms with Gasteiger partial charge in [0.05, 0.1) is 4.99 Å². The summed E-state index contributed by atoms with van der Waals surface area (Å²) in [4.78, 5) is 4.43.